The van der Waals surface area contributed by atoms with Crippen molar-refractivity contribution in [1.29, 1.82) is 0 Å². The van der Waals surface area contributed by atoms with Crippen LogP contribution in [0.25, 0.3) is 10.9 Å². The van der Waals surface area contributed by atoms with Crippen LogP contribution in [-0.4, -0.2) is 26.6 Å². The molecule has 90 valence electrons. The Balaban J connectivity index is 2.41. The zero-order valence-corrected chi connectivity index (χ0v) is 10.8. The van der Waals surface area contributed by atoms with E-state index in [4.69, 9.17) is 0 Å². The van der Waals surface area contributed by atoms with E-state index in [1.54, 1.807) is 12.3 Å². The molecule has 0 aliphatic carbocycles. The lowest BCUT2D eigenvalue weighted by atomic mass is 10.00. The average Bonchev–Trinajstić information content (AvgIpc) is 2.37. The van der Waals surface area contributed by atoms with Gasteiger partial charge in [0.25, 0.3) is 0 Å². The Morgan fingerprint density at radius 3 is 2.71 bits per heavy atom. The van der Waals surface area contributed by atoms with Crippen molar-refractivity contribution < 1.29 is 10.2 Å². The SMILES string of the molecule is OC(CCBr)C(O)c1cccc2cccnc12. The molecule has 2 aromatic rings. The number of para-hydroxylation sites is 1. The first-order valence-corrected chi connectivity index (χ1v) is 6.62. The summed E-state index contributed by atoms with van der Waals surface area (Å²) in [6, 6.07) is 9.40. The first-order valence-electron chi connectivity index (χ1n) is 5.50. The van der Waals surface area contributed by atoms with E-state index in [1.807, 2.05) is 24.3 Å². The fraction of sp³-hybridized carbons (Fsp3) is 0.308. The van der Waals surface area contributed by atoms with Gasteiger partial charge in [-0.1, -0.05) is 40.2 Å². The van der Waals surface area contributed by atoms with Crippen LogP contribution in [0, 0.1) is 0 Å². The quantitative estimate of drug-likeness (QED) is 0.852. The highest BCUT2D eigenvalue weighted by Crippen LogP contribution is 2.25. The van der Waals surface area contributed by atoms with Gasteiger partial charge in [-0.25, -0.2) is 0 Å². The summed E-state index contributed by atoms with van der Waals surface area (Å²) in [5.41, 5.74) is 1.42. The number of hydrogen-bond donors (Lipinski definition) is 2. The van der Waals surface area contributed by atoms with Gasteiger partial charge in [-0.05, 0) is 12.5 Å². The molecule has 0 fully saturated rings. The normalized spacial score (nSPS) is 14.8. The third-order valence-corrected chi connectivity index (χ3v) is 3.21. The lowest BCUT2D eigenvalue weighted by Crippen LogP contribution is -2.19. The van der Waals surface area contributed by atoms with Gasteiger partial charge in [0.15, 0.2) is 0 Å². The fourth-order valence-corrected chi connectivity index (χ4v) is 2.31. The summed E-state index contributed by atoms with van der Waals surface area (Å²) >= 11 is 3.25. The van der Waals surface area contributed by atoms with E-state index in [0.717, 1.165) is 10.9 Å². The maximum absolute atomic E-state index is 10.1. The molecule has 1 heterocycles. The highest BCUT2D eigenvalue weighted by Gasteiger charge is 2.20. The van der Waals surface area contributed by atoms with Crippen molar-refractivity contribution in [1.82, 2.24) is 4.98 Å². The maximum atomic E-state index is 10.1. The molecule has 0 aliphatic rings. The van der Waals surface area contributed by atoms with Crippen molar-refractivity contribution in [2.75, 3.05) is 5.33 Å². The second-order valence-electron chi connectivity index (χ2n) is 3.91. The van der Waals surface area contributed by atoms with Gasteiger partial charge in [0.2, 0.25) is 0 Å². The Morgan fingerprint density at radius 1 is 1.18 bits per heavy atom. The van der Waals surface area contributed by atoms with E-state index in [0.29, 0.717) is 17.3 Å². The number of hydrogen-bond acceptors (Lipinski definition) is 3. The fourth-order valence-electron chi connectivity index (χ4n) is 1.84. The highest BCUT2D eigenvalue weighted by atomic mass is 79.9. The smallest absolute Gasteiger partial charge is 0.107 e. The molecule has 2 rings (SSSR count). The number of rotatable bonds is 4. The molecule has 17 heavy (non-hydrogen) atoms. The number of alkyl halides is 1. The first kappa shape index (κ1) is 12.5. The predicted molar refractivity (Wildman–Crippen MR) is 71.1 cm³/mol. The predicted octanol–water partition coefficient (Wildman–Crippen LogP) is 2.41. The zero-order valence-electron chi connectivity index (χ0n) is 9.25. The molecule has 4 heteroatoms. The maximum Gasteiger partial charge on any atom is 0.107 e. The van der Waals surface area contributed by atoms with Crippen molar-refractivity contribution in [3.8, 4) is 0 Å². The molecule has 1 aromatic carbocycles. The van der Waals surface area contributed by atoms with Gasteiger partial charge < -0.3 is 10.2 Å². The number of aliphatic hydroxyl groups excluding tert-OH is 2. The number of nitrogens with zero attached hydrogens (tertiary/aromatic N) is 1. The lowest BCUT2D eigenvalue weighted by Gasteiger charge is -2.18. The minimum absolute atomic E-state index is 0.504. The second kappa shape index (κ2) is 5.58. The van der Waals surface area contributed by atoms with Crippen LogP contribution in [0.15, 0.2) is 36.5 Å². The number of aliphatic hydroxyl groups is 2. The minimum atomic E-state index is -0.897. The van der Waals surface area contributed by atoms with Crippen LogP contribution in [0.4, 0.5) is 0 Å². The van der Waals surface area contributed by atoms with Crippen molar-refractivity contribution in [3.63, 3.8) is 0 Å². The van der Waals surface area contributed by atoms with Crippen molar-refractivity contribution >= 4 is 26.8 Å². The van der Waals surface area contributed by atoms with Gasteiger partial charge in [-0.2, -0.15) is 0 Å². The molecule has 0 bridgehead atoms. The van der Waals surface area contributed by atoms with E-state index in [9.17, 15) is 10.2 Å². The highest BCUT2D eigenvalue weighted by molar-refractivity contribution is 9.09. The van der Waals surface area contributed by atoms with E-state index >= 15 is 0 Å². The van der Waals surface area contributed by atoms with E-state index in [1.165, 1.54) is 0 Å². The van der Waals surface area contributed by atoms with Gasteiger partial charge in [0.05, 0.1) is 11.6 Å². The van der Waals surface area contributed by atoms with E-state index in [2.05, 4.69) is 20.9 Å². The lowest BCUT2D eigenvalue weighted by molar-refractivity contribution is 0.0181. The molecular weight excluding hydrogens is 282 g/mol. The summed E-state index contributed by atoms with van der Waals surface area (Å²) in [4.78, 5) is 4.26. The number of halogens is 1. The standard InChI is InChI=1S/C13H14BrNO2/c14-7-6-11(16)13(17)10-5-1-3-9-4-2-8-15-12(9)10/h1-5,8,11,13,16-17H,6-7H2. The molecule has 0 saturated carbocycles. The van der Waals surface area contributed by atoms with Gasteiger partial charge in [-0.15, -0.1) is 0 Å². The molecule has 3 nitrogen and oxygen atoms in total. The molecule has 2 N–H and O–H groups in total. The van der Waals surface area contributed by atoms with Gasteiger partial charge in [0.1, 0.15) is 6.10 Å². The second-order valence-corrected chi connectivity index (χ2v) is 4.71. The van der Waals surface area contributed by atoms with Crippen LogP contribution < -0.4 is 0 Å². The Labute approximate surface area is 108 Å². The summed E-state index contributed by atoms with van der Waals surface area (Å²) in [6.45, 7) is 0. The third-order valence-electron chi connectivity index (χ3n) is 2.75. The number of pyridine rings is 1. The van der Waals surface area contributed by atoms with E-state index < -0.39 is 12.2 Å². The summed E-state index contributed by atoms with van der Waals surface area (Å²) in [5.74, 6) is 0. The first-order chi connectivity index (χ1) is 8.24. The topological polar surface area (TPSA) is 53.4 Å². The van der Waals surface area contributed by atoms with E-state index in [-0.39, 0.29) is 0 Å². The van der Waals surface area contributed by atoms with Crippen LogP contribution in [0.3, 0.4) is 0 Å². The zero-order chi connectivity index (χ0) is 12.3. The van der Waals surface area contributed by atoms with Gasteiger partial charge in [0, 0.05) is 22.5 Å². The summed E-state index contributed by atoms with van der Waals surface area (Å²) < 4.78 is 0. The minimum Gasteiger partial charge on any atom is -0.390 e. The van der Waals surface area contributed by atoms with Crippen LogP contribution in [-0.2, 0) is 0 Å². The van der Waals surface area contributed by atoms with Crippen molar-refractivity contribution in [2.45, 2.75) is 18.6 Å². The molecule has 0 amide bonds. The largest absolute Gasteiger partial charge is 0.390 e. The van der Waals surface area contributed by atoms with Crippen LogP contribution >= 0.6 is 15.9 Å². The Morgan fingerprint density at radius 2 is 1.94 bits per heavy atom. The van der Waals surface area contributed by atoms with Crippen molar-refractivity contribution in [3.05, 3.63) is 42.1 Å². The van der Waals surface area contributed by atoms with Crippen LogP contribution in [0.5, 0.6) is 0 Å². The number of benzene rings is 1. The molecule has 0 radical (unpaired) electrons. The summed E-state index contributed by atoms with van der Waals surface area (Å²) in [7, 11) is 0. The average molecular weight is 296 g/mol. The van der Waals surface area contributed by atoms with Crippen LogP contribution in [0.2, 0.25) is 0 Å². The van der Waals surface area contributed by atoms with Crippen molar-refractivity contribution in [2.24, 2.45) is 0 Å². The molecule has 1 aromatic heterocycles. The Bertz CT molecular complexity index is 498. The molecular formula is C13H14BrNO2. The third kappa shape index (κ3) is 2.65. The molecule has 2 atom stereocenters. The van der Waals surface area contributed by atoms with Crippen LogP contribution in [0.1, 0.15) is 18.1 Å². The van der Waals surface area contributed by atoms with Gasteiger partial charge >= 0.3 is 0 Å². The molecule has 0 saturated heterocycles. The summed E-state index contributed by atoms with van der Waals surface area (Å²) in [6.07, 6.45) is 0.521. The van der Waals surface area contributed by atoms with Gasteiger partial charge in [-0.3, -0.25) is 4.98 Å². The Hall–Kier alpha value is -0.970. The molecule has 2 unspecified atom stereocenters. The summed E-state index contributed by atoms with van der Waals surface area (Å²) in [5, 5.41) is 21.6. The monoisotopic (exact) mass is 295 g/mol. The Kier molecular flexibility index (Phi) is 4.10. The number of fused-ring (bicyclic) bond motifs is 1. The molecule has 0 spiro atoms. The number of aromatic nitrogens is 1. The molecule has 0 aliphatic heterocycles.